The Balaban J connectivity index is 1.68. The summed E-state index contributed by atoms with van der Waals surface area (Å²) in [6.45, 7) is 9.63. The van der Waals surface area contributed by atoms with Crippen LogP contribution in [-0.4, -0.2) is 62.3 Å². The summed E-state index contributed by atoms with van der Waals surface area (Å²) in [6.07, 6.45) is 3.98. The van der Waals surface area contributed by atoms with Gasteiger partial charge in [-0.05, 0) is 75.6 Å². The molecule has 3 aliphatic rings. The maximum Gasteiger partial charge on any atom is 0.214 e. The van der Waals surface area contributed by atoms with Crippen molar-refractivity contribution in [3.05, 3.63) is 23.3 Å². The Hall–Kier alpha value is -1.31. The molecule has 3 unspecified atom stereocenters. The third-order valence-corrected chi connectivity index (χ3v) is 8.69. The molecular formula is C22H34N2O4S. The third kappa shape index (κ3) is 3.89. The van der Waals surface area contributed by atoms with E-state index in [-0.39, 0.29) is 17.8 Å². The van der Waals surface area contributed by atoms with Gasteiger partial charge in [0.25, 0.3) is 0 Å². The summed E-state index contributed by atoms with van der Waals surface area (Å²) in [5, 5.41) is 0. The Morgan fingerprint density at radius 1 is 1.07 bits per heavy atom. The van der Waals surface area contributed by atoms with Crippen LogP contribution in [0, 0.1) is 5.92 Å². The fourth-order valence-electron chi connectivity index (χ4n) is 5.46. The summed E-state index contributed by atoms with van der Waals surface area (Å²) in [5.41, 5.74) is 2.61. The zero-order valence-electron chi connectivity index (χ0n) is 17.9. The van der Waals surface area contributed by atoms with Crippen LogP contribution < -0.4 is 9.47 Å². The monoisotopic (exact) mass is 422 g/mol. The number of nitrogens with zero attached hydrogens (tertiary/aromatic N) is 2. The van der Waals surface area contributed by atoms with Gasteiger partial charge in [0.15, 0.2) is 11.5 Å². The van der Waals surface area contributed by atoms with E-state index in [0.29, 0.717) is 25.7 Å². The lowest BCUT2D eigenvalue weighted by Crippen LogP contribution is -2.57. The minimum Gasteiger partial charge on any atom is -0.490 e. The summed E-state index contributed by atoms with van der Waals surface area (Å²) in [7, 11) is -3.17. The number of fused-ring (bicyclic) bond motifs is 4. The SMILES string of the molecule is CCOc1cc2c(cc1OCC)C1CC3C(CCCN3S(=O)(=O)CC)CN1CC2. The molecule has 3 aliphatic heterocycles. The molecule has 0 radical (unpaired) electrons. The van der Waals surface area contributed by atoms with Crippen LogP contribution >= 0.6 is 0 Å². The van der Waals surface area contributed by atoms with Crippen molar-refractivity contribution in [3.63, 3.8) is 0 Å². The second-order valence-electron chi connectivity index (χ2n) is 8.34. The first-order valence-corrected chi connectivity index (χ1v) is 12.7. The molecule has 29 heavy (non-hydrogen) atoms. The molecule has 4 rings (SSSR count). The Kier molecular flexibility index (Phi) is 6.09. The van der Waals surface area contributed by atoms with Crippen LogP contribution in [0.25, 0.3) is 0 Å². The van der Waals surface area contributed by atoms with Crippen LogP contribution in [0.5, 0.6) is 11.5 Å². The summed E-state index contributed by atoms with van der Waals surface area (Å²) in [6, 6.07) is 4.67. The van der Waals surface area contributed by atoms with Crippen molar-refractivity contribution in [2.45, 2.75) is 58.5 Å². The lowest BCUT2D eigenvalue weighted by Gasteiger charge is -2.51. The number of benzene rings is 1. The lowest BCUT2D eigenvalue weighted by atomic mass is 9.77. The van der Waals surface area contributed by atoms with E-state index in [1.54, 1.807) is 6.92 Å². The predicted molar refractivity (Wildman–Crippen MR) is 114 cm³/mol. The summed E-state index contributed by atoms with van der Waals surface area (Å²) < 4.78 is 39.0. The van der Waals surface area contributed by atoms with Crippen LogP contribution in [0.1, 0.15) is 57.2 Å². The molecule has 0 spiro atoms. The highest BCUT2D eigenvalue weighted by Gasteiger charge is 2.45. The van der Waals surface area contributed by atoms with Crippen LogP contribution in [0.3, 0.4) is 0 Å². The highest BCUT2D eigenvalue weighted by Crippen LogP contribution is 2.46. The molecule has 6 nitrogen and oxygen atoms in total. The second kappa shape index (κ2) is 8.44. The van der Waals surface area contributed by atoms with Crippen molar-refractivity contribution in [1.82, 2.24) is 9.21 Å². The van der Waals surface area contributed by atoms with Gasteiger partial charge in [-0.15, -0.1) is 0 Å². The lowest BCUT2D eigenvalue weighted by molar-refractivity contribution is 0.0219. The van der Waals surface area contributed by atoms with Crippen molar-refractivity contribution in [2.24, 2.45) is 5.92 Å². The fraction of sp³-hybridized carbons (Fsp3) is 0.727. The van der Waals surface area contributed by atoms with Gasteiger partial charge in [-0.1, -0.05) is 0 Å². The molecule has 1 aromatic carbocycles. The van der Waals surface area contributed by atoms with Crippen LogP contribution in [0.2, 0.25) is 0 Å². The Morgan fingerprint density at radius 3 is 2.48 bits per heavy atom. The molecule has 3 atom stereocenters. The molecule has 0 amide bonds. The van der Waals surface area contributed by atoms with Crippen LogP contribution in [0.4, 0.5) is 0 Å². The molecule has 0 aliphatic carbocycles. The Morgan fingerprint density at radius 2 is 1.79 bits per heavy atom. The van der Waals surface area contributed by atoms with E-state index in [1.807, 2.05) is 18.2 Å². The van der Waals surface area contributed by atoms with E-state index in [9.17, 15) is 8.42 Å². The first-order valence-electron chi connectivity index (χ1n) is 11.1. The Labute approximate surface area is 175 Å². The number of ether oxygens (including phenoxy) is 2. The van der Waals surface area contributed by atoms with Gasteiger partial charge in [0.2, 0.25) is 10.0 Å². The first-order chi connectivity index (χ1) is 14.0. The molecule has 7 heteroatoms. The molecule has 2 saturated heterocycles. The van der Waals surface area contributed by atoms with Gasteiger partial charge in [-0.3, -0.25) is 4.90 Å². The fourth-order valence-corrected chi connectivity index (χ4v) is 6.87. The highest BCUT2D eigenvalue weighted by atomic mass is 32.2. The van der Waals surface area contributed by atoms with E-state index in [4.69, 9.17) is 9.47 Å². The highest BCUT2D eigenvalue weighted by molar-refractivity contribution is 7.89. The summed E-state index contributed by atoms with van der Waals surface area (Å²) >= 11 is 0. The van der Waals surface area contributed by atoms with E-state index >= 15 is 0 Å². The third-order valence-electron chi connectivity index (χ3n) is 6.80. The molecule has 0 aromatic heterocycles. The maximum absolute atomic E-state index is 12.7. The quantitative estimate of drug-likeness (QED) is 0.705. The molecule has 162 valence electrons. The standard InChI is InChI=1S/C22H34N2O4S/c1-4-27-21-12-16-9-11-23-15-17-8-7-10-24(29(25,26)6-3)19(17)14-20(23)18(16)13-22(21)28-5-2/h12-13,17,19-20H,4-11,14-15H2,1-3H3. The van der Waals surface area contributed by atoms with Crippen molar-refractivity contribution in [1.29, 1.82) is 0 Å². The Bertz CT molecular complexity index is 841. The smallest absolute Gasteiger partial charge is 0.214 e. The maximum atomic E-state index is 12.7. The zero-order chi connectivity index (χ0) is 20.6. The topological polar surface area (TPSA) is 59.1 Å². The molecule has 0 saturated carbocycles. The van der Waals surface area contributed by atoms with Gasteiger partial charge in [-0.2, -0.15) is 4.31 Å². The van der Waals surface area contributed by atoms with Gasteiger partial charge in [0, 0.05) is 31.7 Å². The molecule has 0 bridgehead atoms. The predicted octanol–water partition coefficient (Wildman–Crippen LogP) is 3.22. The van der Waals surface area contributed by atoms with Crippen LogP contribution in [-0.2, 0) is 16.4 Å². The van der Waals surface area contributed by atoms with Gasteiger partial charge >= 0.3 is 0 Å². The molecular weight excluding hydrogens is 388 g/mol. The van der Waals surface area contributed by atoms with Crippen molar-refractivity contribution in [2.75, 3.05) is 38.6 Å². The average molecular weight is 423 g/mol. The van der Waals surface area contributed by atoms with Gasteiger partial charge in [-0.25, -0.2) is 8.42 Å². The minimum absolute atomic E-state index is 0.114. The largest absolute Gasteiger partial charge is 0.490 e. The number of rotatable bonds is 6. The van der Waals surface area contributed by atoms with Crippen molar-refractivity contribution in [3.8, 4) is 11.5 Å². The van der Waals surface area contributed by atoms with E-state index in [0.717, 1.165) is 50.3 Å². The number of hydrogen-bond acceptors (Lipinski definition) is 5. The van der Waals surface area contributed by atoms with Crippen LogP contribution in [0.15, 0.2) is 12.1 Å². The molecule has 0 N–H and O–H groups in total. The molecule has 2 fully saturated rings. The second-order valence-corrected chi connectivity index (χ2v) is 10.6. The van der Waals surface area contributed by atoms with Crippen molar-refractivity contribution >= 4 is 10.0 Å². The number of sulfonamides is 1. The number of piperidine rings is 2. The van der Waals surface area contributed by atoms with E-state index < -0.39 is 10.0 Å². The first kappa shape index (κ1) is 20.9. The summed E-state index contributed by atoms with van der Waals surface area (Å²) in [4.78, 5) is 2.57. The van der Waals surface area contributed by atoms with E-state index in [2.05, 4.69) is 17.0 Å². The van der Waals surface area contributed by atoms with Gasteiger partial charge < -0.3 is 9.47 Å². The normalized spacial score (nSPS) is 27.6. The van der Waals surface area contributed by atoms with Gasteiger partial charge in [0.1, 0.15) is 0 Å². The zero-order valence-corrected chi connectivity index (χ0v) is 18.7. The summed E-state index contributed by atoms with van der Waals surface area (Å²) in [5.74, 6) is 2.26. The van der Waals surface area contributed by atoms with E-state index in [1.165, 1.54) is 11.1 Å². The van der Waals surface area contributed by atoms with Gasteiger partial charge in [0.05, 0.1) is 19.0 Å². The number of hydrogen-bond donors (Lipinski definition) is 0. The molecule has 3 heterocycles. The molecule has 1 aromatic rings. The van der Waals surface area contributed by atoms with Crippen molar-refractivity contribution < 1.29 is 17.9 Å². The minimum atomic E-state index is -3.17. The average Bonchev–Trinajstić information content (AvgIpc) is 2.72.